The molecule has 0 spiro atoms. The molecule has 0 unspecified atom stereocenters. The summed E-state index contributed by atoms with van der Waals surface area (Å²) in [5.41, 5.74) is 4.34. The van der Waals surface area contributed by atoms with Crippen molar-refractivity contribution in [3.05, 3.63) is 104 Å². The van der Waals surface area contributed by atoms with E-state index in [9.17, 15) is 14.7 Å². The first kappa shape index (κ1) is 26.6. The predicted octanol–water partition coefficient (Wildman–Crippen LogP) is 0.125. The Morgan fingerprint density at radius 1 is 0.971 bits per heavy atom. The van der Waals surface area contributed by atoms with Crippen molar-refractivity contribution in [3.8, 4) is 22.6 Å². The quantitative estimate of drug-likeness (QED) is 0.337. The van der Waals surface area contributed by atoms with Crippen LogP contribution in [0.2, 0.25) is 0 Å². The molecule has 0 aliphatic carbocycles. The van der Waals surface area contributed by atoms with Gasteiger partial charge < -0.3 is 24.1 Å². The van der Waals surface area contributed by atoms with Gasteiger partial charge in [-0.15, -0.1) is 0 Å². The summed E-state index contributed by atoms with van der Waals surface area (Å²) in [6.45, 7) is 4.49. The van der Waals surface area contributed by atoms with Crippen molar-refractivity contribution in [1.29, 1.82) is 0 Å². The number of hydrogen-bond acceptors (Lipinski definition) is 6. The number of nitrogens with zero attached hydrogens (tertiary/aromatic N) is 2. The van der Waals surface area contributed by atoms with E-state index in [2.05, 4.69) is 17.1 Å². The summed E-state index contributed by atoms with van der Waals surface area (Å²) in [5, 5.41) is 9.40. The molecule has 4 rings (SSSR count). The maximum atomic E-state index is 11.5. The van der Waals surface area contributed by atoms with Crippen LogP contribution in [0.15, 0.2) is 80.8 Å². The second-order valence-corrected chi connectivity index (χ2v) is 8.06. The van der Waals surface area contributed by atoms with E-state index in [0.29, 0.717) is 12.4 Å². The summed E-state index contributed by atoms with van der Waals surface area (Å²) < 4.78 is 17.2. The molecule has 0 amide bonds. The monoisotopic (exact) mass is 484 g/mol. The molecular weight excluding hydrogens is 459 g/mol. The summed E-state index contributed by atoms with van der Waals surface area (Å²) in [7, 11) is 0. The van der Waals surface area contributed by atoms with Crippen molar-refractivity contribution in [2.24, 2.45) is 0 Å². The van der Waals surface area contributed by atoms with Crippen molar-refractivity contribution in [2.75, 3.05) is 6.61 Å². The Morgan fingerprint density at radius 2 is 1.71 bits per heavy atom. The average molecular weight is 484 g/mol. The van der Waals surface area contributed by atoms with Crippen LogP contribution in [0.5, 0.6) is 11.5 Å². The van der Waals surface area contributed by atoms with Gasteiger partial charge in [-0.05, 0) is 72.0 Å². The zero-order chi connectivity index (χ0) is 24.1. The zero-order valence-corrected chi connectivity index (χ0v) is 21.9. The normalized spacial score (nSPS) is 11.5. The van der Waals surface area contributed by atoms with Crippen molar-refractivity contribution in [2.45, 2.75) is 33.1 Å². The summed E-state index contributed by atoms with van der Waals surface area (Å²) in [6.07, 6.45) is -0.516. The molecule has 35 heavy (non-hydrogen) atoms. The number of aryl methyl sites for hydroxylation is 1. The third kappa shape index (κ3) is 7.22. The largest absolute Gasteiger partial charge is 1.00 e. The van der Waals surface area contributed by atoms with Gasteiger partial charge in [-0.1, -0.05) is 36.4 Å². The fraction of sp³-hybridized carbons (Fsp3) is 0.231. The topological polar surface area (TPSA) is 105 Å². The molecule has 0 radical (unpaired) electrons. The Balaban J connectivity index is 0.00000342. The van der Waals surface area contributed by atoms with Crippen LogP contribution in [0.25, 0.3) is 11.1 Å². The Hall–Kier alpha value is -3.04. The van der Waals surface area contributed by atoms with Crippen LogP contribution in [0, 0.1) is 6.92 Å². The van der Waals surface area contributed by atoms with Crippen LogP contribution in [0.1, 0.15) is 23.6 Å². The Labute approximate surface area is 224 Å². The number of benzene rings is 3. The molecule has 9 heteroatoms. The molecule has 4 aromatic rings. The van der Waals surface area contributed by atoms with Gasteiger partial charge in [0.05, 0.1) is 6.10 Å². The first-order valence-corrected chi connectivity index (χ1v) is 10.8. The smallest absolute Gasteiger partial charge is 0.491 e. The molecule has 0 aliphatic rings. The molecule has 8 nitrogen and oxygen atoms in total. The van der Waals surface area contributed by atoms with Crippen LogP contribution >= 0.6 is 0 Å². The van der Waals surface area contributed by atoms with Crippen LogP contribution in [-0.2, 0) is 13.2 Å². The Kier molecular flexibility index (Phi) is 9.17. The van der Waals surface area contributed by atoms with E-state index in [-0.39, 0.29) is 42.7 Å². The average Bonchev–Trinajstić information content (AvgIpc) is 3.13. The van der Waals surface area contributed by atoms with Crippen LogP contribution in [-0.4, -0.2) is 22.6 Å². The first-order valence-electron chi connectivity index (χ1n) is 10.8. The second-order valence-electron chi connectivity index (χ2n) is 8.06. The first-order chi connectivity index (χ1) is 16.4. The fourth-order valence-electron chi connectivity index (χ4n) is 3.51. The molecule has 1 atom stereocenters. The van der Waals surface area contributed by atoms with E-state index in [1.807, 2.05) is 37.3 Å². The molecule has 0 aliphatic heterocycles. The van der Waals surface area contributed by atoms with Gasteiger partial charge in [0.25, 0.3) is 0 Å². The molecular formula is C26H25N2NaO6. The summed E-state index contributed by atoms with van der Waals surface area (Å²) in [6, 6.07) is 21.2. The maximum Gasteiger partial charge on any atom is 1.00 e. The minimum Gasteiger partial charge on any atom is -0.491 e. The number of rotatable bonds is 9. The Morgan fingerprint density at radius 3 is 2.37 bits per heavy atom. The third-order valence-corrected chi connectivity index (χ3v) is 5.17. The van der Waals surface area contributed by atoms with Crippen LogP contribution in [0.4, 0.5) is 0 Å². The van der Waals surface area contributed by atoms with Gasteiger partial charge >= 0.3 is 35.3 Å². The van der Waals surface area contributed by atoms with E-state index in [1.54, 1.807) is 31.2 Å². The standard InChI is InChI=1S/C26H26N2O6.Na/c1-17-12-23(32-15-18(2)29)10-11-24(17)21-5-3-4-20(13-21)16-33-22-8-6-19(7-9-22)14-28-25(30)27-26(31)34-28;/h3-13,18,29H,14-16H2,1-2H3,(H,27,30,31);/q;+1/p-1/t18-;/m1./s1. The molecule has 1 heterocycles. The van der Waals surface area contributed by atoms with Crippen LogP contribution < -0.4 is 55.5 Å². The van der Waals surface area contributed by atoms with Gasteiger partial charge in [0.15, 0.2) is 5.69 Å². The molecule has 176 valence electrons. The van der Waals surface area contributed by atoms with Crippen molar-refractivity contribution in [3.63, 3.8) is 0 Å². The molecule has 0 saturated carbocycles. The minimum absolute atomic E-state index is 0. The summed E-state index contributed by atoms with van der Waals surface area (Å²) >= 11 is 0. The predicted molar refractivity (Wildman–Crippen MR) is 126 cm³/mol. The molecule has 3 aromatic carbocycles. The minimum atomic E-state index is -0.900. The van der Waals surface area contributed by atoms with Crippen molar-refractivity contribution < 1.29 is 48.7 Å². The van der Waals surface area contributed by atoms with E-state index >= 15 is 0 Å². The fourth-order valence-corrected chi connectivity index (χ4v) is 3.51. The third-order valence-electron chi connectivity index (χ3n) is 5.17. The van der Waals surface area contributed by atoms with Crippen molar-refractivity contribution in [1.82, 2.24) is 9.72 Å². The molecule has 1 N–H and O–H groups in total. The zero-order valence-electron chi connectivity index (χ0n) is 19.9. The van der Waals surface area contributed by atoms with Gasteiger partial charge in [0.1, 0.15) is 24.7 Å². The molecule has 1 aromatic heterocycles. The summed E-state index contributed by atoms with van der Waals surface area (Å²) in [4.78, 5) is 25.7. The molecule has 0 bridgehead atoms. The Bertz CT molecular complexity index is 1370. The maximum absolute atomic E-state index is 11.5. The second kappa shape index (κ2) is 12.1. The SMILES string of the molecule is Cc1cc(OC[C@@H](C)O)ccc1-c1cccc(COc2ccc(Cn3oc(=O)[n-]c3=O)cc2)c1.[Na+]. The van der Waals surface area contributed by atoms with Gasteiger partial charge in [-0.25, -0.2) is 4.79 Å². The van der Waals surface area contributed by atoms with E-state index in [0.717, 1.165) is 38.3 Å². The summed E-state index contributed by atoms with van der Waals surface area (Å²) in [5.74, 6) is 0.508. The number of aliphatic hydroxyl groups is 1. The van der Waals surface area contributed by atoms with Gasteiger partial charge in [-0.2, -0.15) is 0 Å². The van der Waals surface area contributed by atoms with E-state index in [1.165, 1.54) is 0 Å². The van der Waals surface area contributed by atoms with Gasteiger partial charge in [-0.3, -0.25) is 9.53 Å². The van der Waals surface area contributed by atoms with Crippen LogP contribution in [0.3, 0.4) is 0 Å². The number of hydrogen-bond donors (Lipinski definition) is 1. The van der Waals surface area contributed by atoms with Gasteiger partial charge in [0.2, 0.25) is 0 Å². The van der Waals surface area contributed by atoms with E-state index in [4.69, 9.17) is 14.0 Å². The molecule has 0 fully saturated rings. The molecule has 0 saturated heterocycles. The van der Waals surface area contributed by atoms with E-state index < -0.39 is 17.5 Å². The number of aromatic nitrogens is 2. The number of ether oxygens (including phenoxy) is 2. The number of aliphatic hydroxyl groups excluding tert-OH is 1. The van der Waals surface area contributed by atoms with Gasteiger partial charge in [0, 0.05) is 6.54 Å². The van der Waals surface area contributed by atoms with Crippen molar-refractivity contribution >= 4 is 0 Å².